The van der Waals surface area contributed by atoms with Crippen molar-refractivity contribution in [1.82, 2.24) is 0 Å². The smallest absolute Gasteiger partial charge is 0.338 e. The minimum atomic E-state index is -0.363. The number of hydrogen-bond acceptors (Lipinski definition) is 4. The van der Waals surface area contributed by atoms with Gasteiger partial charge >= 0.3 is 5.97 Å². The molecular formula is C27H46O4. The van der Waals surface area contributed by atoms with Gasteiger partial charge < -0.3 is 14.2 Å². The van der Waals surface area contributed by atoms with E-state index in [0.29, 0.717) is 30.3 Å². The van der Waals surface area contributed by atoms with Crippen molar-refractivity contribution in [2.24, 2.45) is 0 Å². The van der Waals surface area contributed by atoms with Crippen LogP contribution in [0.5, 0.6) is 11.5 Å². The third-order valence-electron chi connectivity index (χ3n) is 5.58. The summed E-state index contributed by atoms with van der Waals surface area (Å²) in [7, 11) is 1.40. The highest BCUT2D eigenvalue weighted by Gasteiger charge is 2.11. The lowest BCUT2D eigenvalue weighted by Gasteiger charge is -2.12. The van der Waals surface area contributed by atoms with Crippen LogP contribution in [0.25, 0.3) is 0 Å². The Labute approximate surface area is 191 Å². The Morgan fingerprint density at radius 3 is 1.39 bits per heavy atom. The maximum atomic E-state index is 12.0. The Morgan fingerprint density at radius 1 is 0.613 bits per heavy atom. The van der Waals surface area contributed by atoms with Crippen molar-refractivity contribution < 1.29 is 19.0 Å². The molecule has 0 aliphatic heterocycles. The summed E-state index contributed by atoms with van der Waals surface area (Å²) in [6.07, 6.45) is 18.9. The second kappa shape index (κ2) is 19.0. The van der Waals surface area contributed by atoms with E-state index in [9.17, 15) is 4.79 Å². The molecule has 0 spiro atoms. The number of carbonyl (C=O) groups is 1. The summed E-state index contributed by atoms with van der Waals surface area (Å²) in [4.78, 5) is 12.0. The Bertz CT molecular complexity index is 570. The maximum Gasteiger partial charge on any atom is 0.338 e. The molecule has 0 aliphatic carbocycles. The molecule has 0 heterocycles. The molecule has 0 aliphatic rings. The molecule has 1 aromatic carbocycles. The molecule has 0 saturated heterocycles. The summed E-state index contributed by atoms with van der Waals surface area (Å²) in [5.74, 6) is 0.997. The number of carbonyl (C=O) groups excluding carboxylic acids is 1. The second-order valence-corrected chi connectivity index (χ2v) is 8.48. The maximum absolute atomic E-state index is 12.0. The lowest BCUT2D eigenvalue weighted by molar-refractivity contribution is 0.0599. The van der Waals surface area contributed by atoms with Crippen molar-refractivity contribution in [3.8, 4) is 11.5 Å². The van der Waals surface area contributed by atoms with E-state index < -0.39 is 0 Å². The highest BCUT2D eigenvalue weighted by Crippen LogP contribution is 2.24. The van der Waals surface area contributed by atoms with Gasteiger partial charge in [0.25, 0.3) is 0 Å². The number of methoxy groups -OCH3 is 1. The lowest BCUT2D eigenvalue weighted by atomic mass is 10.1. The zero-order valence-electron chi connectivity index (χ0n) is 20.4. The summed E-state index contributed by atoms with van der Waals surface area (Å²) in [5, 5.41) is 0. The van der Waals surface area contributed by atoms with Crippen LogP contribution < -0.4 is 9.47 Å². The predicted octanol–water partition coefficient (Wildman–Crippen LogP) is 8.12. The minimum absolute atomic E-state index is 0.363. The van der Waals surface area contributed by atoms with Gasteiger partial charge in [0.05, 0.1) is 25.9 Å². The molecule has 0 atom stereocenters. The first-order chi connectivity index (χ1) is 15.2. The van der Waals surface area contributed by atoms with Crippen LogP contribution in [0.1, 0.15) is 121 Å². The molecule has 0 N–H and O–H groups in total. The van der Waals surface area contributed by atoms with Gasteiger partial charge in [-0.05, 0) is 25.0 Å². The first kappa shape index (κ1) is 27.3. The SMILES string of the molecule is CCCCCCCCCCCOc1cc(OCCCCCCCC)cc(C(=O)OC)c1. The fourth-order valence-electron chi connectivity index (χ4n) is 3.65. The second-order valence-electron chi connectivity index (χ2n) is 8.48. The average Bonchev–Trinajstić information content (AvgIpc) is 2.79. The van der Waals surface area contributed by atoms with Gasteiger partial charge in [-0.15, -0.1) is 0 Å². The van der Waals surface area contributed by atoms with Crippen molar-refractivity contribution in [3.05, 3.63) is 23.8 Å². The number of benzene rings is 1. The monoisotopic (exact) mass is 434 g/mol. The van der Waals surface area contributed by atoms with Gasteiger partial charge in [-0.1, -0.05) is 97.3 Å². The van der Waals surface area contributed by atoms with Crippen LogP contribution in [0.2, 0.25) is 0 Å². The number of unbranched alkanes of at least 4 members (excludes halogenated alkanes) is 13. The summed E-state index contributed by atoms with van der Waals surface area (Å²) >= 11 is 0. The molecule has 178 valence electrons. The van der Waals surface area contributed by atoms with Crippen LogP contribution in [0, 0.1) is 0 Å². The van der Waals surface area contributed by atoms with E-state index in [4.69, 9.17) is 14.2 Å². The summed E-state index contributed by atoms with van der Waals surface area (Å²) in [6, 6.07) is 5.38. The van der Waals surface area contributed by atoms with Crippen LogP contribution in [0.4, 0.5) is 0 Å². The van der Waals surface area contributed by atoms with Gasteiger partial charge in [-0.25, -0.2) is 4.79 Å². The topological polar surface area (TPSA) is 44.8 Å². The van der Waals surface area contributed by atoms with Crippen LogP contribution in [0.15, 0.2) is 18.2 Å². The van der Waals surface area contributed by atoms with Crippen molar-refractivity contribution in [3.63, 3.8) is 0 Å². The third kappa shape index (κ3) is 14.1. The van der Waals surface area contributed by atoms with E-state index in [0.717, 1.165) is 12.8 Å². The molecule has 0 aromatic heterocycles. The van der Waals surface area contributed by atoms with Crippen LogP contribution >= 0.6 is 0 Å². The van der Waals surface area contributed by atoms with Crippen molar-refractivity contribution in [2.75, 3.05) is 20.3 Å². The molecule has 4 nitrogen and oxygen atoms in total. The molecule has 0 fully saturated rings. The fraction of sp³-hybridized carbons (Fsp3) is 0.741. The number of esters is 1. The fourth-order valence-corrected chi connectivity index (χ4v) is 3.65. The van der Waals surface area contributed by atoms with Gasteiger partial charge in [-0.2, -0.15) is 0 Å². The van der Waals surface area contributed by atoms with Gasteiger partial charge in [0, 0.05) is 6.07 Å². The Balaban J connectivity index is 2.34. The molecule has 0 bridgehead atoms. The first-order valence-electron chi connectivity index (χ1n) is 12.7. The van der Waals surface area contributed by atoms with E-state index in [-0.39, 0.29) is 5.97 Å². The molecule has 0 unspecified atom stereocenters. The molecule has 0 amide bonds. The average molecular weight is 435 g/mol. The van der Waals surface area contributed by atoms with Gasteiger partial charge in [0.1, 0.15) is 11.5 Å². The van der Waals surface area contributed by atoms with Crippen molar-refractivity contribution in [1.29, 1.82) is 0 Å². The molecule has 0 radical (unpaired) electrons. The highest BCUT2D eigenvalue weighted by atomic mass is 16.5. The van der Waals surface area contributed by atoms with Gasteiger partial charge in [0.2, 0.25) is 0 Å². The summed E-state index contributed by atoms with van der Waals surface area (Å²) < 4.78 is 16.7. The van der Waals surface area contributed by atoms with Crippen LogP contribution in [-0.4, -0.2) is 26.3 Å². The van der Waals surface area contributed by atoms with Crippen molar-refractivity contribution >= 4 is 5.97 Å². The van der Waals surface area contributed by atoms with E-state index in [1.165, 1.54) is 90.6 Å². The molecule has 31 heavy (non-hydrogen) atoms. The number of hydrogen-bond donors (Lipinski definition) is 0. The van der Waals surface area contributed by atoms with Gasteiger partial charge in [-0.3, -0.25) is 0 Å². The zero-order valence-corrected chi connectivity index (χ0v) is 20.4. The highest BCUT2D eigenvalue weighted by molar-refractivity contribution is 5.90. The zero-order chi connectivity index (χ0) is 22.6. The quantitative estimate of drug-likeness (QED) is 0.153. The molecule has 1 rings (SSSR count). The van der Waals surface area contributed by atoms with Crippen molar-refractivity contribution in [2.45, 2.75) is 110 Å². The lowest BCUT2D eigenvalue weighted by Crippen LogP contribution is -2.05. The van der Waals surface area contributed by atoms with Crippen LogP contribution in [0.3, 0.4) is 0 Å². The first-order valence-corrected chi connectivity index (χ1v) is 12.7. The predicted molar refractivity (Wildman–Crippen MR) is 129 cm³/mol. The largest absolute Gasteiger partial charge is 0.493 e. The summed E-state index contributed by atoms with van der Waals surface area (Å²) in [6.45, 7) is 5.81. The minimum Gasteiger partial charge on any atom is -0.493 e. The molecular weight excluding hydrogens is 388 g/mol. The van der Waals surface area contributed by atoms with E-state index in [1.54, 1.807) is 12.1 Å². The summed E-state index contributed by atoms with van der Waals surface area (Å²) in [5.41, 5.74) is 0.477. The van der Waals surface area contributed by atoms with Crippen LogP contribution in [-0.2, 0) is 4.74 Å². The Kier molecular flexibility index (Phi) is 16.8. The standard InChI is InChI=1S/C27H46O4/c1-4-6-8-10-12-13-14-16-18-20-31-26-22-24(27(28)29-3)21-25(23-26)30-19-17-15-11-9-7-5-2/h21-23H,4-20H2,1-3H3. The Hall–Kier alpha value is -1.71. The number of ether oxygens (including phenoxy) is 3. The third-order valence-corrected chi connectivity index (χ3v) is 5.58. The van der Waals surface area contributed by atoms with E-state index >= 15 is 0 Å². The normalized spacial score (nSPS) is 10.8. The molecule has 1 aromatic rings. The Morgan fingerprint density at radius 2 is 1.00 bits per heavy atom. The molecule has 0 saturated carbocycles. The molecule has 4 heteroatoms. The van der Waals surface area contributed by atoms with E-state index in [1.807, 2.05) is 6.07 Å². The van der Waals surface area contributed by atoms with E-state index in [2.05, 4.69) is 13.8 Å². The number of rotatable bonds is 20. The van der Waals surface area contributed by atoms with Gasteiger partial charge in [0.15, 0.2) is 0 Å².